The lowest BCUT2D eigenvalue weighted by molar-refractivity contribution is -0.122. The number of nitrogens with one attached hydrogen (secondary N) is 1. The Hall–Kier alpha value is -0.240. The average Bonchev–Trinajstić information content (AvgIpc) is 2.28. The fourth-order valence-corrected chi connectivity index (χ4v) is 2.67. The minimum atomic E-state index is 0.230. The second-order valence-corrected chi connectivity index (χ2v) is 5.47. The Morgan fingerprint density at radius 2 is 2.06 bits per heavy atom. The largest absolute Gasteiger partial charge is 0.356 e. The summed E-state index contributed by atoms with van der Waals surface area (Å²) in [6.07, 6.45) is 8.15. The second-order valence-electron chi connectivity index (χ2n) is 5.10. The number of carbonyl (C=O) groups excluding carboxylic acids is 1. The molecule has 1 fully saturated rings. The predicted molar refractivity (Wildman–Crippen MR) is 68.7 cm³/mol. The zero-order valence-corrected chi connectivity index (χ0v) is 11.1. The highest BCUT2D eigenvalue weighted by molar-refractivity contribution is 6.17. The van der Waals surface area contributed by atoms with Crippen molar-refractivity contribution in [2.45, 2.75) is 51.9 Å². The highest BCUT2D eigenvalue weighted by Crippen LogP contribution is 2.26. The summed E-state index contributed by atoms with van der Waals surface area (Å²) in [6.45, 7) is 2.90. The Bertz CT molecular complexity index is 202. The first-order chi connectivity index (χ1) is 7.72. The van der Waals surface area contributed by atoms with E-state index in [9.17, 15) is 4.79 Å². The molecule has 0 bridgehead atoms. The van der Waals surface area contributed by atoms with Crippen LogP contribution in [0, 0.1) is 11.8 Å². The monoisotopic (exact) mass is 245 g/mol. The second kappa shape index (κ2) is 7.94. The van der Waals surface area contributed by atoms with Gasteiger partial charge in [0.2, 0.25) is 5.91 Å². The maximum absolute atomic E-state index is 11.7. The molecule has 1 unspecified atom stereocenters. The number of alkyl halides is 1. The zero-order chi connectivity index (χ0) is 11.8. The van der Waals surface area contributed by atoms with Crippen LogP contribution in [-0.2, 0) is 4.79 Å². The highest BCUT2D eigenvalue weighted by Gasteiger charge is 2.16. The molecule has 1 rings (SSSR count). The van der Waals surface area contributed by atoms with E-state index >= 15 is 0 Å². The van der Waals surface area contributed by atoms with E-state index in [2.05, 4.69) is 12.2 Å². The van der Waals surface area contributed by atoms with Crippen molar-refractivity contribution in [3.63, 3.8) is 0 Å². The van der Waals surface area contributed by atoms with Crippen molar-refractivity contribution < 1.29 is 4.79 Å². The fourth-order valence-electron chi connectivity index (χ4n) is 2.30. The molecule has 0 aromatic rings. The van der Waals surface area contributed by atoms with Crippen LogP contribution in [0.2, 0.25) is 0 Å². The van der Waals surface area contributed by atoms with Gasteiger partial charge in [0.1, 0.15) is 0 Å². The van der Waals surface area contributed by atoms with Crippen LogP contribution in [0.1, 0.15) is 51.9 Å². The van der Waals surface area contributed by atoms with Crippen molar-refractivity contribution in [2.75, 3.05) is 12.4 Å². The van der Waals surface area contributed by atoms with Gasteiger partial charge in [-0.1, -0.05) is 26.2 Å². The smallest absolute Gasteiger partial charge is 0.220 e. The van der Waals surface area contributed by atoms with Gasteiger partial charge in [-0.2, -0.15) is 0 Å². The molecule has 0 aliphatic heterocycles. The van der Waals surface area contributed by atoms with Gasteiger partial charge in [0, 0.05) is 18.8 Å². The molecule has 1 aliphatic rings. The first kappa shape index (κ1) is 13.8. The van der Waals surface area contributed by atoms with E-state index in [4.69, 9.17) is 11.6 Å². The Kier molecular flexibility index (Phi) is 6.86. The van der Waals surface area contributed by atoms with Gasteiger partial charge in [-0.25, -0.2) is 0 Å². The molecule has 1 saturated carbocycles. The van der Waals surface area contributed by atoms with Crippen molar-refractivity contribution in [1.82, 2.24) is 5.32 Å². The van der Waals surface area contributed by atoms with Gasteiger partial charge < -0.3 is 5.32 Å². The first-order valence-electron chi connectivity index (χ1n) is 6.55. The number of halogens is 1. The van der Waals surface area contributed by atoms with Gasteiger partial charge >= 0.3 is 0 Å². The van der Waals surface area contributed by atoms with Crippen molar-refractivity contribution in [2.24, 2.45) is 11.8 Å². The quantitative estimate of drug-likeness (QED) is 0.715. The van der Waals surface area contributed by atoms with E-state index in [-0.39, 0.29) is 5.91 Å². The summed E-state index contributed by atoms with van der Waals surface area (Å²) in [4.78, 5) is 11.7. The molecule has 0 saturated heterocycles. The Labute approximate surface area is 104 Å². The molecule has 0 heterocycles. The summed E-state index contributed by atoms with van der Waals surface area (Å²) in [7, 11) is 0. The van der Waals surface area contributed by atoms with Gasteiger partial charge in [-0.05, 0) is 31.1 Å². The minimum absolute atomic E-state index is 0.230. The van der Waals surface area contributed by atoms with E-state index in [1.54, 1.807) is 0 Å². The van der Waals surface area contributed by atoms with Gasteiger partial charge in [0.15, 0.2) is 0 Å². The molecule has 0 aromatic carbocycles. The molecule has 0 radical (unpaired) electrons. The van der Waals surface area contributed by atoms with Gasteiger partial charge in [-0.3, -0.25) is 4.79 Å². The molecule has 16 heavy (non-hydrogen) atoms. The van der Waals surface area contributed by atoms with E-state index < -0.39 is 0 Å². The molecule has 1 N–H and O–H groups in total. The number of hydrogen-bond donors (Lipinski definition) is 1. The summed E-state index contributed by atoms with van der Waals surface area (Å²) in [6, 6.07) is 0. The van der Waals surface area contributed by atoms with E-state index in [1.165, 1.54) is 32.1 Å². The summed E-state index contributed by atoms with van der Waals surface area (Å²) < 4.78 is 0. The molecular formula is C13H24ClNO. The number of hydrogen-bond acceptors (Lipinski definition) is 1. The van der Waals surface area contributed by atoms with Crippen LogP contribution in [0.25, 0.3) is 0 Å². The van der Waals surface area contributed by atoms with Crippen LogP contribution >= 0.6 is 11.6 Å². The van der Waals surface area contributed by atoms with Gasteiger partial charge in [0.05, 0.1) is 0 Å². The third-order valence-electron chi connectivity index (χ3n) is 3.45. The third kappa shape index (κ3) is 5.74. The number of amides is 1. The van der Waals surface area contributed by atoms with Crippen LogP contribution in [-0.4, -0.2) is 18.3 Å². The number of rotatable bonds is 6. The molecule has 3 heteroatoms. The van der Waals surface area contributed by atoms with Crippen molar-refractivity contribution in [3.05, 3.63) is 0 Å². The lowest BCUT2D eigenvalue weighted by Gasteiger charge is -2.21. The van der Waals surface area contributed by atoms with Crippen LogP contribution in [0.3, 0.4) is 0 Å². The van der Waals surface area contributed by atoms with E-state index in [1.807, 2.05) is 0 Å². The minimum Gasteiger partial charge on any atom is -0.356 e. The Morgan fingerprint density at radius 3 is 2.69 bits per heavy atom. The summed E-state index contributed by atoms with van der Waals surface area (Å²) in [5.41, 5.74) is 0. The van der Waals surface area contributed by atoms with E-state index in [0.29, 0.717) is 17.7 Å². The fraction of sp³-hybridized carbons (Fsp3) is 0.923. The lowest BCUT2D eigenvalue weighted by Crippen LogP contribution is -2.30. The molecule has 0 spiro atoms. The van der Waals surface area contributed by atoms with Crippen molar-refractivity contribution in [3.8, 4) is 0 Å². The van der Waals surface area contributed by atoms with Crippen molar-refractivity contribution in [1.29, 1.82) is 0 Å². The SMILES string of the molecule is CC(CCCl)CNC(=O)CC1CCCCC1. The predicted octanol–water partition coefficient (Wildman–Crippen LogP) is 3.34. The zero-order valence-electron chi connectivity index (χ0n) is 10.3. The molecule has 2 nitrogen and oxygen atoms in total. The standard InChI is InChI=1S/C13H24ClNO/c1-11(7-8-14)10-15-13(16)9-12-5-3-2-4-6-12/h11-12H,2-10H2,1H3,(H,15,16). The van der Waals surface area contributed by atoms with Crippen molar-refractivity contribution >= 4 is 17.5 Å². The van der Waals surface area contributed by atoms with Crippen LogP contribution < -0.4 is 5.32 Å². The molecule has 0 aromatic heterocycles. The third-order valence-corrected chi connectivity index (χ3v) is 3.67. The Balaban J connectivity index is 2.10. The molecule has 94 valence electrons. The molecule has 1 amide bonds. The maximum Gasteiger partial charge on any atom is 0.220 e. The van der Waals surface area contributed by atoms with E-state index in [0.717, 1.165) is 19.4 Å². The average molecular weight is 246 g/mol. The summed E-state index contributed by atoms with van der Waals surface area (Å²) >= 11 is 5.65. The topological polar surface area (TPSA) is 29.1 Å². The van der Waals surface area contributed by atoms with Gasteiger partial charge in [-0.15, -0.1) is 11.6 Å². The van der Waals surface area contributed by atoms with Crippen LogP contribution in [0.4, 0.5) is 0 Å². The van der Waals surface area contributed by atoms with Gasteiger partial charge in [0.25, 0.3) is 0 Å². The first-order valence-corrected chi connectivity index (χ1v) is 7.08. The maximum atomic E-state index is 11.7. The van der Waals surface area contributed by atoms with Crippen LogP contribution in [0.15, 0.2) is 0 Å². The normalized spacial score (nSPS) is 19.4. The molecular weight excluding hydrogens is 222 g/mol. The summed E-state index contributed by atoms with van der Waals surface area (Å²) in [5, 5.41) is 3.02. The highest BCUT2D eigenvalue weighted by atomic mass is 35.5. The number of carbonyl (C=O) groups is 1. The summed E-state index contributed by atoms with van der Waals surface area (Å²) in [5.74, 6) is 2.04. The Morgan fingerprint density at radius 1 is 1.38 bits per heavy atom. The van der Waals surface area contributed by atoms with Crippen LogP contribution in [0.5, 0.6) is 0 Å². The molecule has 1 atom stereocenters. The lowest BCUT2D eigenvalue weighted by atomic mass is 9.87. The molecule has 1 aliphatic carbocycles.